The lowest BCUT2D eigenvalue weighted by Crippen LogP contribution is -2.04. The lowest BCUT2D eigenvalue weighted by atomic mass is 10.1. The van der Waals surface area contributed by atoms with Gasteiger partial charge >= 0.3 is 0 Å². The summed E-state index contributed by atoms with van der Waals surface area (Å²) in [5.74, 6) is 0.0162. The number of pyridine rings is 1. The number of carbonyl (C=O) groups excluding carboxylic acids is 1. The van der Waals surface area contributed by atoms with Crippen LogP contribution in [0.5, 0.6) is 0 Å². The van der Waals surface area contributed by atoms with E-state index in [1.54, 1.807) is 6.20 Å². The maximum Gasteiger partial charge on any atom is 0.221 e. The molecule has 0 radical (unpaired) electrons. The molecule has 0 saturated carbocycles. The Hall–Kier alpha value is -1.48. The van der Waals surface area contributed by atoms with Gasteiger partial charge in [-0.1, -0.05) is 12.1 Å². The molecule has 0 atom stereocenters. The van der Waals surface area contributed by atoms with E-state index in [0.717, 1.165) is 16.0 Å². The van der Waals surface area contributed by atoms with E-state index in [9.17, 15) is 4.79 Å². The van der Waals surface area contributed by atoms with Gasteiger partial charge in [0.15, 0.2) is 0 Å². The van der Waals surface area contributed by atoms with Crippen LogP contribution in [0.15, 0.2) is 29.8 Å². The SMILES string of the molecule is Cc1cnc(C(=O)c2cccs2)c(C)c1. The number of carbonyl (C=O) groups is 1. The van der Waals surface area contributed by atoms with Gasteiger partial charge in [-0.3, -0.25) is 9.78 Å². The normalized spacial score (nSPS) is 10.3. The molecule has 2 aromatic heterocycles. The number of thiophene rings is 1. The summed E-state index contributed by atoms with van der Waals surface area (Å²) in [6.45, 7) is 3.89. The Kier molecular flexibility index (Phi) is 2.64. The molecule has 2 heterocycles. The zero-order valence-electron chi connectivity index (χ0n) is 8.65. The van der Waals surface area contributed by atoms with Crippen molar-refractivity contribution in [1.82, 2.24) is 4.98 Å². The second-order valence-corrected chi connectivity index (χ2v) is 4.43. The molecule has 0 bridgehead atoms. The highest BCUT2D eigenvalue weighted by Crippen LogP contribution is 2.16. The number of hydrogen-bond donors (Lipinski definition) is 0. The molecule has 3 heteroatoms. The van der Waals surface area contributed by atoms with Crippen molar-refractivity contribution in [2.24, 2.45) is 0 Å². The van der Waals surface area contributed by atoms with Crippen LogP contribution >= 0.6 is 11.3 Å². The number of ketones is 1. The van der Waals surface area contributed by atoms with Crippen LogP contribution in [0.1, 0.15) is 26.5 Å². The molecule has 0 aromatic carbocycles. The number of aromatic nitrogens is 1. The third-order valence-corrected chi connectivity index (χ3v) is 3.04. The summed E-state index contributed by atoms with van der Waals surface area (Å²) in [6.07, 6.45) is 1.73. The minimum absolute atomic E-state index is 0.0162. The molecule has 2 aromatic rings. The molecule has 0 N–H and O–H groups in total. The first-order valence-electron chi connectivity index (χ1n) is 4.70. The van der Waals surface area contributed by atoms with E-state index in [1.807, 2.05) is 37.4 Å². The molecule has 0 aliphatic rings. The van der Waals surface area contributed by atoms with Crippen molar-refractivity contribution in [2.75, 3.05) is 0 Å². The quantitative estimate of drug-likeness (QED) is 0.724. The highest BCUT2D eigenvalue weighted by atomic mass is 32.1. The van der Waals surface area contributed by atoms with E-state index in [4.69, 9.17) is 0 Å². The lowest BCUT2D eigenvalue weighted by Gasteiger charge is -2.02. The third kappa shape index (κ3) is 1.97. The molecule has 0 spiro atoms. The van der Waals surface area contributed by atoms with Crippen LogP contribution in [0.2, 0.25) is 0 Å². The molecule has 15 heavy (non-hydrogen) atoms. The van der Waals surface area contributed by atoms with Gasteiger partial charge in [-0.25, -0.2) is 0 Å². The van der Waals surface area contributed by atoms with Crippen molar-refractivity contribution in [3.8, 4) is 0 Å². The van der Waals surface area contributed by atoms with Gasteiger partial charge in [0, 0.05) is 6.20 Å². The molecule has 0 fully saturated rings. The number of aryl methyl sites for hydroxylation is 2. The first-order chi connectivity index (χ1) is 7.18. The minimum atomic E-state index is 0.0162. The number of rotatable bonds is 2. The van der Waals surface area contributed by atoms with Crippen molar-refractivity contribution >= 4 is 17.1 Å². The van der Waals surface area contributed by atoms with Crippen LogP contribution in [-0.4, -0.2) is 10.8 Å². The van der Waals surface area contributed by atoms with Gasteiger partial charge in [-0.2, -0.15) is 0 Å². The van der Waals surface area contributed by atoms with E-state index in [2.05, 4.69) is 4.98 Å². The van der Waals surface area contributed by atoms with Crippen LogP contribution in [0.4, 0.5) is 0 Å². The second-order valence-electron chi connectivity index (χ2n) is 3.48. The molecule has 2 nitrogen and oxygen atoms in total. The zero-order valence-corrected chi connectivity index (χ0v) is 9.47. The first-order valence-corrected chi connectivity index (χ1v) is 5.58. The average Bonchev–Trinajstić information content (AvgIpc) is 2.69. The van der Waals surface area contributed by atoms with Gasteiger partial charge in [0.25, 0.3) is 0 Å². The molecule has 0 unspecified atom stereocenters. The minimum Gasteiger partial charge on any atom is -0.286 e. The largest absolute Gasteiger partial charge is 0.286 e. The lowest BCUT2D eigenvalue weighted by molar-refractivity contribution is 0.103. The molecule has 2 rings (SSSR count). The molecular formula is C12H11NOS. The van der Waals surface area contributed by atoms with Crippen LogP contribution in [-0.2, 0) is 0 Å². The maximum atomic E-state index is 12.0. The van der Waals surface area contributed by atoms with E-state index in [0.29, 0.717) is 5.69 Å². The average molecular weight is 217 g/mol. The highest BCUT2D eigenvalue weighted by molar-refractivity contribution is 7.12. The van der Waals surface area contributed by atoms with Crippen molar-refractivity contribution in [1.29, 1.82) is 0 Å². The number of nitrogens with zero attached hydrogens (tertiary/aromatic N) is 1. The van der Waals surface area contributed by atoms with E-state index in [1.165, 1.54) is 11.3 Å². The highest BCUT2D eigenvalue weighted by Gasteiger charge is 2.13. The fraction of sp³-hybridized carbons (Fsp3) is 0.167. The van der Waals surface area contributed by atoms with Crippen LogP contribution < -0.4 is 0 Å². The van der Waals surface area contributed by atoms with Crippen molar-refractivity contribution in [3.05, 3.63) is 51.5 Å². The molecule has 0 aliphatic carbocycles. The Bertz CT molecular complexity index is 488. The van der Waals surface area contributed by atoms with E-state index >= 15 is 0 Å². The van der Waals surface area contributed by atoms with Crippen LogP contribution in [0, 0.1) is 13.8 Å². The van der Waals surface area contributed by atoms with Gasteiger partial charge in [-0.05, 0) is 36.4 Å². The van der Waals surface area contributed by atoms with Crippen molar-refractivity contribution in [3.63, 3.8) is 0 Å². The van der Waals surface area contributed by atoms with Gasteiger partial charge in [0.05, 0.1) is 4.88 Å². The topological polar surface area (TPSA) is 30.0 Å². The second kappa shape index (κ2) is 3.95. The molecule has 76 valence electrons. The van der Waals surface area contributed by atoms with Crippen LogP contribution in [0.25, 0.3) is 0 Å². The van der Waals surface area contributed by atoms with Gasteiger partial charge in [0.2, 0.25) is 5.78 Å². The summed E-state index contributed by atoms with van der Waals surface area (Å²) in [5, 5.41) is 1.90. The Labute approximate surface area is 92.6 Å². The van der Waals surface area contributed by atoms with Gasteiger partial charge in [-0.15, -0.1) is 11.3 Å². The monoisotopic (exact) mass is 217 g/mol. The Morgan fingerprint density at radius 2 is 2.20 bits per heavy atom. The van der Waals surface area contributed by atoms with Gasteiger partial charge < -0.3 is 0 Å². The summed E-state index contributed by atoms with van der Waals surface area (Å²) in [4.78, 5) is 16.9. The first kappa shape index (κ1) is 10.1. The third-order valence-electron chi connectivity index (χ3n) is 2.18. The zero-order chi connectivity index (χ0) is 10.8. The Morgan fingerprint density at radius 1 is 1.40 bits per heavy atom. The molecule has 0 amide bonds. The molecule has 0 saturated heterocycles. The predicted octanol–water partition coefficient (Wildman–Crippen LogP) is 2.99. The Balaban J connectivity index is 2.42. The smallest absolute Gasteiger partial charge is 0.221 e. The summed E-state index contributed by atoms with van der Waals surface area (Å²) in [5.41, 5.74) is 2.58. The summed E-state index contributed by atoms with van der Waals surface area (Å²) >= 11 is 1.45. The van der Waals surface area contributed by atoms with E-state index in [-0.39, 0.29) is 5.78 Å². The fourth-order valence-electron chi connectivity index (χ4n) is 1.48. The van der Waals surface area contributed by atoms with Gasteiger partial charge in [0.1, 0.15) is 5.69 Å². The van der Waals surface area contributed by atoms with Crippen molar-refractivity contribution < 1.29 is 4.79 Å². The standard InChI is InChI=1S/C12H11NOS/c1-8-6-9(2)11(13-7-8)12(14)10-4-3-5-15-10/h3-7H,1-2H3. The Morgan fingerprint density at radius 3 is 2.80 bits per heavy atom. The summed E-state index contributed by atoms with van der Waals surface area (Å²) in [6, 6.07) is 5.68. The predicted molar refractivity (Wildman–Crippen MR) is 61.5 cm³/mol. The van der Waals surface area contributed by atoms with E-state index < -0.39 is 0 Å². The molecular weight excluding hydrogens is 206 g/mol. The summed E-state index contributed by atoms with van der Waals surface area (Å²) in [7, 11) is 0. The summed E-state index contributed by atoms with van der Waals surface area (Å²) < 4.78 is 0. The fourth-order valence-corrected chi connectivity index (χ4v) is 2.14. The molecule has 0 aliphatic heterocycles. The van der Waals surface area contributed by atoms with Crippen LogP contribution in [0.3, 0.4) is 0 Å². The number of hydrogen-bond acceptors (Lipinski definition) is 3. The maximum absolute atomic E-state index is 12.0. The van der Waals surface area contributed by atoms with Crippen molar-refractivity contribution in [2.45, 2.75) is 13.8 Å².